The maximum absolute atomic E-state index is 6.03. The van der Waals surface area contributed by atoms with Gasteiger partial charge in [0.1, 0.15) is 0 Å². The van der Waals surface area contributed by atoms with Crippen molar-refractivity contribution in [2.45, 2.75) is 38.9 Å². The summed E-state index contributed by atoms with van der Waals surface area (Å²) in [5.41, 5.74) is 1.49. The molecule has 1 saturated heterocycles. The average Bonchev–Trinajstić information content (AvgIpc) is 2.24. The molecular formula is C14H21ClN2. The first-order valence-electron chi connectivity index (χ1n) is 6.20. The second kappa shape index (κ2) is 4.97. The fraction of sp³-hybridized carbons (Fsp3) is 0.571. The van der Waals surface area contributed by atoms with Crippen LogP contribution in [0.2, 0.25) is 5.02 Å². The summed E-state index contributed by atoms with van der Waals surface area (Å²) in [6, 6.07) is 8.72. The Labute approximate surface area is 109 Å². The van der Waals surface area contributed by atoms with E-state index >= 15 is 0 Å². The third kappa shape index (κ3) is 3.21. The molecule has 1 unspecified atom stereocenters. The van der Waals surface area contributed by atoms with E-state index in [1.807, 2.05) is 12.1 Å². The quantitative estimate of drug-likeness (QED) is 0.871. The van der Waals surface area contributed by atoms with Gasteiger partial charge in [-0.2, -0.15) is 0 Å². The molecule has 17 heavy (non-hydrogen) atoms. The van der Waals surface area contributed by atoms with E-state index in [-0.39, 0.29) is 5.54 Å². The number of piperazine rings is 1. The van der Waals surface area contributed by atoms with Gasteiger partial charge in [0.05, 0.1) is 0 Å². The van der Waals surface area contributed by atoms with Crippen LogP contribution in [-0.4, -0.2) is 29.6 Å². The summed E-state index contributed by atoms with van der Waals surface area (Å²) < 4.78 is 0. The Kier molecular flexibility index (Phi) is 3.76. The highest BCUT2D eigenvalue weighted by Crippen LogP contribution is 2.22. The van der Waals surface area contributed by atoms with Crippen LogP contribution in [0, 0.1) is 0 Å². The van der Waals surface area contributed by atoms with Crippen LogP contribution in [0.4, 0.5) is 0 Å². The molecule has 0 aliphatic carbocycles. The Hall–Kier alpha value is -0.570. The van der Waals surface area contributed by atoms with Crippen LogP contribution in [0.1, 0.15) is 26.3 Å². The molecule has 1 aliphatic rings. The molecule has 3 heteroatoms. The summed E-state index contributed by atoms with van der Waals surface area (Å²) in [6.45, 7) is 9.90. The molecule has 94 valence electrons. The minimum absolute atomic E-state index is 0.203. The van der Waals surface area contributed by atoms with E-state index in [1.54, 1.807) is 0 Å². The number of benzene rings is 1. The molecule has 1 atom stereocenters. The molecule has 0 aromatic heterocycles. The third-order valence-corrected chi connectivity index (χ3v) is 3.73. The second-order valence-corrected chi connectivity index (χ2v) is 6.04. The van der Waals surface area contributed by atoms with Crippen molar-refractivity contribution in [2.24, 2.45) is 0 Å². The van der Waals surface area contributed by atoms with E-state index < -0.39 is 0 Å². The van der Waals surface area contributed by atoms with Crippen molar-refractivity contribution >= 4 is 11.6 Å². The fourth-order valence-electron chi connectivity index (χ4n) is 2.31. The van der Waals surface area contributed by atoms with E-state index in [4.69, 9.17) is 11.6 Å². The summed E-state index contributed by atoms with van der Waals surface area (Å²) in [5.74, 6) is 0. The zero-order chi connectivity index (χ0) is 12.5. The van der Waals surface area contributed by atoms with Crippen LogP contribution in [0.25, 0.3) is 0 Å². The zero-order valence-electron chi connectivity index (χ0n) is 10.8. The van der Waals surface area contributed by atoms with Crippen molar-refractivity contribution in [1.29, 1.82) is 0 Å². The van der Waals surface area contributed by atoms with Crippen molar-refractivity contribution < 1.29 is 0 Å². The minimum Gasteiger partial charge on any atom is -0.311 e. The van der Waals surface area contributed by atoms with Crippen LogP contribution in [0.3, 0.4) is 0 Å². The lowest BCUT2D eigenvalue weighted by Gasteiger charge is -2.45. The van der Waals surface area contributed by atoms with E-state index in [0.29, 0.717) is 6.04 Å². The van der Waals surface area contributed by atoms with E-state index in [1.165, 1.54) is 5.56 Å². The van der Waals surface area contributed by atoms with Gasteiger partial charge in [-0.05, 0) is 38.5 Å². The van der Waals surface area contributed by atoms with Gasteiger partial charge in [-0.15, -0.1) is 0 Å². The highest BCUT2D eigenvalue weighted by atomic mass is 35.5. The lowest BCUT2D eigenvalue weighted by molar-refractivity contribution is 0.0627. The number of rotatable bonds is 2. The van der Waals surface area contributed by atoms with Gasteiger partial charge < -0.3 is 5.32 Å². The monoisotopic (exact) mass is 252 g/mol. The van der Waals surface area contributed by atoms with Crippen LogP contribution in [0.15, 0.2) is 24.3 Å². The van der Waals surface area contributed by atoms with Gasteiger partial charge in [-0.3, -0.25) is 4.90 Å². The van der Waals surface area contributed by atoms with Crippen LogP contribution < -0.4 is 5.32 Å². The largest absolute Gasteiger partial charge is 0.311 e. The predicted octanol–water partition coefficient (Wildman–Crippen LogP) is 2.91. The van der Waals surface area contributed by atoms with E-state index in [9.17, 15) is 0 Å². The van der Waals surface area contributed by atoms with Gasteiger partial charge in [0.25, 0.3) is 0 Å². The normalized spacial score (nSPS) is 24.8. The van der Waals surface area contributed by atoms with Gasteiger partial charge in [0, 0.05) is 36.2 Å². The second-order valence-electron chi connectivity index (χ2n) is 5.60. The highest BCUT2D eigenvalue weighted by molar-refractivity contribution is 6.30. The van der Waals surface area contributed by atoms with E-state index in [0.717, 1.165) is 24.7 Å². The first-order valence-corrected chi connectivity index (χ1v) is 6.58. The Morgan fingerprint density at radius 2 is 2.24 bits per heavy atom. The average molecular weight is 253 g/mol. The van der Waals surface area contributed by atoms with Crippen molar-refractivity contribution in [1.82, 2.24) is 10.2 Å². The standard InChI is InChI=1S/C14H21ClN2/c1-11-8-17(14(2,3)10-16-11)9-12-5-4-6-13(15)7-12/h4-7,11,16H,8-10H2,1-3H3. The molecule has 2 nitrogen and oxygen atoms in total. The van der Waals surface area contributed by atoms with Crippen molar-refractivity contribution in [3.05, 3.63) is 34.9 Å². The molecule has 0 saturated carbocycles. The Bertz CT molecular complexity index is 390. The summed E-state index contributed by atoms with van der Waals surface area (Å²) in [4.78, 5) is 2.53. The number of hydrogen-bond acceptors (Lipinski definition) is 2. The van der Waals surface area contributed by atoms with Gasteiger partial charge in [-0.1, -0.05) is 23.7 Å². The first kappa shape index (κ1) is 12.9. The van der Waals surface area contributed by atoms with E-state index in [2.05, 4.69) is 43.1 Å². The smallest absolute Gasteiger partial charge is 0.0409 e. The predicted molar refractivity (Wildman–Crippen MR) is 73.4 cm³/mol. The Morgan fingerprint density at radius 3 is 2.94 bits per heavy atom. The van der Waals surface area contributed by atoms with Crippen molar-refractivity contribution in [3.63, 3.8) is 0 Å². The molecule has 0 amide bonds. The molecule has 1 fully saturated rings. The van der Waals surface area contributed by atoms with Crippen molar-refractivity contribution in [3.8, 4) is 0 Å². The van der Waals surface area contributed by atoms with Crippen LogP contribution in [-0.2, 0) is 6.54 Å². The molecule has 2 rings (SSSR count). The van der Waals surface area contributed by atoms with Gasteiger partial charge in [-0.25, -0.2) is 0 Å². The number of nitrogens with one attached hydrogen (secondary N) is 1. The summed E-state index contributed by atoms with van der Waals surface area (Å²) >= 11 is 6.03. The van der Waals surface area contributed by atoms with Gasteiger partial charge in [0.15, 0.2) is 0 Å². The van der Waals surface area contributed by atoms with Gasteiger partial charge >= 0.3 is 0 Å². The lowest BCUT2D eigenvalue weighted by atomic mass is 9.97. The van der Waals surface area contributed by atoms with Crippen molar-refractivity contribution in [2.75, 3.05) is 13.1 Å². The SMILES string of the molecule is CC1CN(Cc2cccc(Cl)c2)C(C)(C)CN1. The molecular weight excluding hydrogens is 232 g/mol. The number of halogens is 1. The lowest BCUT2D eigenvalue weighted by Crippen LogP contribution is -2.60. The van der Waals surface area contributed by atoms with Crippen LogP contribution in [0.5, 0.6) is 0 Å². The van der Waals surface area contributed by atoms with Gasteiger partial charge in [0.2, 0.25) is 0 Å². The third-order valence-electron chi connectivity index (χ3n) is 3.50. The topological polar surface area (TPSA) is 15.3 Å². The first-order chi connectivity index (χ1) is 7.97. The maximum Gasteiger partial charge on any atom is 0.0409 e. The molecule has 1 N–H and O–H groups in total. The molecule has 1 aliphatic heterocycles. The Morgan fingerprint density at radius 1 is 1.47 bits per heavy atom. The maximum atomic E-state index is 6.03. The molecule has 1 aromatic rings. The Balaban J connectivity index is 2.11. The van der Waals surface area contributed by atoms with Crippen LogP contribution >= 0.6 is 11.6 Å². The molecule has 0 spiro atoms. The molecule has 1 heterocycles. The molecule has 0 radical (unpaired) electrons. The number of nitrogens with zero attached hydrogens (tertiary/aromatic N) is 1. The molecule has 1 aromatic carbocycles. The summed E-state index contributed by atoms with van der Waals surface area (Å²) in [7, 11) is 0. The minimum atomic E-state index is 0.203. The summed E-state index contributed by atoms with van der Waals surface area (Å²) in [5, 5.41) is 4.35. The fourth-order valence-corrected chi connectivity index (χ4v) is 2.53. The zero-order valence-corrected chi connectivity index (χ0v) is 11.6. The highest BCUT2D eigenvalue weighted by Gasteiger charge is 2.32. The number of hydrogen-bond donors (Lipinski definition) is 1. The molecule has 0 bridgehead atoms. The summed E-state index contributed by atoms with van der Waals surface area (Å²) in [6.07, 6.45) is 0.